The molecule has 111 heavy (non-hydrogen) atoms. The lowest BCUT2D eigenvalue weighted by atomic mass is 9.97. The van der Waals surface area contributed by atoms with E-state index >= 15 is 0 Å². The summed E-state index contributed by atoms with van der Waals surface area (Å²) in [7, 11) is 0. The summed E-state index contributed by atoms with van der Waals surface area (Å²) in [4.78, 5) is 178. The van der Waals surface area contributed by atoms with Crippen molar-refractivity contribution in [2.45, 2.75) is 199 Å². The number of hydrogen-bond acceptors (Lipinski definition) is 35. The molecule has 0 aliphatic heterocycles. The van der Waals surface area contributed by atoms with Crippen LogP contribution < -0.4 is 75.5 Å². The number of aliphatic hydroxyl groups excluding tert-OH is 16. The Balaban J connectivity index is 2.04. The van der Waals surface area contributed by atoms with Crippen LogP contribution in [0.3, 0.4) is 0 Å². The number of aromatic amines is 1. The van der Waals surface area contributed by atoms with Gasteiger partial charge < -0.3 is 162 Å². The molecule has 35 N–H and O–H groups in total. The van der Waals surface area contributed by atoms with Crippen molar-refractivity contribution < 1.29 is 145 Å². The molecule has 0 saturated carbocycles. The van der Waals surface area contributed by atoms with E-state index in [1.165, 1.54) is 44.3 Å². The minimum atomic E-state index is -2.88. The molecule has 3 rings (SSSR count). The van der Waals surface area contributed by atoms with E-state index in [-0.39, 0.29) is 47.9 Å². The molecule has 9 amide bonds. The topological polar surface area (TPSA) is 832 Å². The molecular formula is C62H98N18O30S. The Bertz CT molecular complexity index is 3670. The molecular weight excluding hydrogens is 1510 g/mol. The average Bonchev–Trinajstić information content (AvgIpc) is 0.793. The smallest absolute Gasteiger partial charge is 0.303 e. The Morgan fingerprint density at radius 3 is 1.29 bits per heavy atom. The van der Waals surface area contributed by atoms with Gasteiger partial charge in [-0.2, -0.15) is 17.6 Å². The fourth-order valence-electron chi connectivity index (χ4n) is 10.1. The minimum Gasteiger partial charge on any atom is -0.481 e. The number of H-pyrrole nitrogens is 1. The molecule has 0 radical (unpaired) electrons. The van der Waals surface area contributed by atoms with Gasteiger partial charge in [0.2, 0.25) is 53.2 Å². The van der Waals surface area contributed by atoms with E-state index in [1.807, 2.05) is 31.9 Å². The average molecular weight is 1610 g/mol. The SMILES string of the molecule is C[C@H](CCC(=O)N[C@H](C(=O)N[C@@H](CCC(=O)O)C(=O)N[C@H](C(=O)N[C@@H](CCCNC(=N)N)C(=O)N[C@H](C(=O)N[C@@H](CCC(=O)O)C(=O)N[C@H](C(=O)N[C@H](C)CS)[C@@H](O)[C@H](O)[C@H](O)CO)[C@@H](O)[C@H](O)[C@H](O)CO)[C@@H](O)[C@H](O)[C@H](O)CO)[C@@H](O)[C@H](O)[C@H](O)CO)NC(=O)c1ccc(NCc2cnc3nc(N)[nH]c(=O)c3n2)cc1. The number of benzene rings is 1. The molecule has 0 saturated heterocycles. The van der Waals surface area contributed by atoms with Crippen molar-refractivity contribution in [2.75, 3.05) is 49.8 Å². The minimum absolute atomic E-state index is 0.0222. The number of nitrogen functional groups attached to an aromatic ring is 1. The second-order valence-corrected chi connectivity index (χ2v) is 25.7. The van der Waals surface area contributed by atoms with E-state index < -0.39 is 276 Å². The number of nitrogens with one attached hydrogen (secondary N) is 13. The van der Waals surface area contributed by atoms with Gasteiger partial charge in [0.15, 0.2) is 17.1 Å². The highest BCUT2D eigenvalue weighted by Crippen LogP contribution is 2.17. The fraction of sp³-hybridized carbons (Fsp3) is 0.613. The first-order chi connectivity index (χ1) is 52.1. The van der Waals surface area contributed by atoms with E-state index in [0.717, 1.165) is 0 Å². The monoisotopic (exact) mass is 1610 g/mol. The summed E-state index contributed by atoms with van der Waals surface area (Å²) in [6, 6.07) is -13.1. The van der Waals surface area contributed by atoms with Crippen LogP contribution in [0.25, 0.3) is 11.2 Å². The molecule has 0 spiro atoms. The third kappa shape index (κ3) is 30.4. The van der Waals surface area contributed by atoms with Crippen LogP contribution in [0.2, 0.25) is 0 Å². The van der Waals surface area contributed by atoms with Crippen LogP contribution in [0.4, 0.5) is 11.6 Å². The van der Waals surface area contributed by atoms with Gasteiger partial charge in [-0.15, -0.1) is 0 Å². The van der Waals surface area contributed by atoms with Gasteiger partial charge in [0, 0.05) is 54.9 Å². The fourth-order valence-corrected chi connectivity index (χ4v) is 10.2. The number of fused-ring (bicyclic) bond motifs is 1. The zero-order valence-electron chi connectivity index (χ0n) is 59.5. The number of carbonyl (C=O) groups excluding carboxylic acids is 9. The van der Waals surface area contributed by atoms with Crippen molar-refractivity contribution in [1.29, 1.82) is 5.41 Å². The van der Waals surface area contributed by atoms with E-state index in [4.69, 9.17) is 16.9 Å². The van der Waals surface area contributed by atoms with Gasteiger partial charge in [0.05, 0.1) is 44.9 Å². The molecule has 49 heteroatoms. The largest absolute Gasteiger partial charge is 0.481 e. The number of carboxylic acids is 2. The molecule has 48 nitrogen and oxygen atoms in total. The maximum atomic E-state index is 14.7. The second kappa shape index (κ2) is 46.8. The van der Waals surface area contributed by atoms with Crippen molar-refractivity contribution >= 4 is 106 Å². The van der Waals surface area contributed by atoms with Gasteiger partial charge in [0.25, 0.3) is 11.5 Å². The maximum Gasteiger partial charge on any atom is 0.303 e. The van der Waals surface area contributed by atoms with Crippen molar-refractivity contribution in [1.82, 2.24) is 73.1 Å². The highest BCUT2D eigenvalue weighted by molar-refractivity contribution is 7.80. The predicted molar refractivity (Wildman–Crippen MR) is 381 cm³/mol. The van der Waals surface area contributed by atoms with Gasteiger partial charge in [-0.05, 0) is 70.2 Å². The number of rotatable bonds is 50. The summed E-state index contributed by atoms with van der Waals surface area (Å²) >= 11 is 4.02. The lowest BCUT2D eigenvalue weighted by Crippen LogP contribution is -2.66. The number of nitrogens with zero attached hydrogens (tertiary/aromatic N) is 3. The number of carboxylic acid groups (broad SMARTS) is 2. The van der Waals surface area contributed by atoms with E-state index in [1.54, 1.807) is 0 Å². The number of carbonyl (C=O) groups is 11. The summed E-state index contributed by atoms with van der Waals surface area (Å²) < 4.78 is 0. The second-order valence-electron chi connectivity index (χ2n) is 25.4. The summed E-state index contributed by atoms with van der Waals surface area (Å²) in [5.41, 5.74) is 11.3. The van der Waals surface area contributed by atoms with Crippen LogP contribution >= 0.6 is 12.6 Å². The van der Waals surface area contributed by atoms with Crippen molar-refractivity contribution in [3.63, 3.8) is 0 Å². The molecule has 622 valence electrons. The summed E-state index contributed by atoms with van der Waals surface area (Å²) in [5.74, 6) is -17.8. The van der Waals surface area contributed by atoms with Crippen molar-refractivity contribution in [2.24, 2.45) is 5.73 Å². The number of nitrogens with two attached hydrogens (primary N) is 2. The molecule has 2 aromatic heterocycles. The van der Waals surface area contributed by atoms with Crippen LogP contribution in [0.5, 0.6) is 0 Å². The van der Waals surface area contributed by atoms with Gasteiger partial charge in [-0.25, -0.2) is 9.97 Å². The molecule has 21 atom stereocenters. The standard InChI is InChI=1S/C62H98N18O30S/c1-23(69-52(102)25-6-8-26(9-7-25)67-16-27-17-68-51-42(71-27)60(110)80-62(65)79-51)5-12-35(89)75-38(47(98)43(94)31(85)18-81)57(107)73-29(10-13-36(90)91)55(105)78-40(49(100)45(96)33(87)20-83)58(108)72-28(4-3-15-66-61(63)64)53(103)77-41(50(101)46(97)34(88)21-84)59(109)74-30(11-14-37(92)93)54(104)76-39(56(106)70-24(2)22-111)48(99)44(95)32(86)19-82/h6-9,17,23-24,28-34,38-41,43-50,67,81-88,94-101,111H,3-5,10-16,18-22H2,1-2H3,(H,69,102)(H,70,106)(H,72,108)(H,73,107)(H,74,109)(H,75,89)(H,76,104)(H,77,103)(H,78,105)(H,90,91)(H,92,93)(H4,63,64,66)(H3,65,68,79,80,110)/t23-,24-,28+,29+,30+,31-,32-,33-,34-,38+,39+,40+,41+,43-,44-,45-,46-,47-,48-,49-,50-/m1/s1. The van der Waals surface area contributed by atoms with Crippen LogP contribution in [0.1, 0.15) is 81.3 Å². The number of guanidine groups is 1. The van der Waals surface area contributed by atoms with Crippen LogP contribution in [-0.4, -0.2) is 349 Å². The first-order valence-corrected chi connectivity index (χ1v) is 34.6. The number of aliphatic hydroxyl groups is 16. The highest BCUT2D eigenvalue weighted by atomic mass is 32.1. The molecule has 0 unspecified atom stereocenters. The number of thiol groups is 1. The van der Waals surface area contributed by atoms with Gasteiger partial charge in [-0.1, -0.05) is 0 Å². The number of aromatic nitrogens is 4. The molecule has 2 heterocycles. The summed E-state index contributed by atoms with van der Waals surface area (Å²) in [5, 5.41) is 219. The van der Waals surface area contributed by atoms with Crippen molar-refractivity contribution in [3.8, 4) is 0 Å². The first-order valence-electron chi connectivity index (χ1n) is 34.0. The Hall–Kier alpha value is -9.81. The van der Waals surface area contributed by atoms with Gasteiger partial charge in [0.1, 0.15) is 116 Å². The molecule has 0 aliphatic carbocycles. The third-order valence-corrected chi connectivity index (χ3v) is 17.1. The quantitative estimate of drug-likeness (QED) is 0.0108. The zero-order valence-corrected chi connectivity index (χ0v) is 60.4. The van der Waals surface area contributed by atoms with E-state index in [0.29, 0.717) is 11.4 Å². The first kappa shape index (κ1) is 95.4. The Labute approximate surface area is 634 Å². The molecule has 3 aromatic rings. The highest BCUT2D eigenvalue weighted by Gasteiger charge is 2.45. The lowest BCUT2D eigenvalue weighted by Gasteiger charge is -2.33. The molecule has 0 bridgehead atoms. The molecule has 0 aliphatic rings. The van der Waals surface area contributed by atoms with Crippen molar-refractivity contribution in [3.05, 3.63) is 52.1 Å². The summed E-state index contributed by atoms with van der Waals surface area (Å²) in [6.45, 7) is -2.74. The summed E-state index contributed by atoms with van der Waals surface area (Å²) in [6.07, 6.45) is -35.2. The maximum absolute atomic E-state index is 14.7. The van der Waals surface area contributed by atoms with E-state index in [9.17, 15) is 149 Å². The number of amides is 9. The van der Waals surface area contributed by atoms with E-state index in [2.05, 4.69) is 59.1 Å². The zero-order chi connectivity index (χ0) is 83.8. The Morgan fingerprint density at radius 2 is 0.901 bits per heavy atom. The number of aliphatic carboxylic acids is 2. The van der Waals surface area contributed by atoms with Gasteiger partial charge in [-0.3, -0.25) is 67.9 Å². The number of anilines is 2. The van der Waals surface area contributed by atoms with Gasteiger partial charge >= 0.3 is 11.9 Å². The molecule has 0 fully saturated rings. The predicted octanol–water partition coefficient (Wildman–Crippen LogP) is -15.1. The number of hydrogen-bond donors (Lipinski definition) is 34. The molecule has 1 aromatic carbocycles. The van der Waals surface area contributed by atoms with Crippen LogP contribution in [0, 0.1) is 5.41 Å². The van der Waals surface area contributed by atoms with Crippen LogP contribution in [-0.2, 0) is 54.5 Å². The Morgan fingerprint density at radius 1 is 0.505 bits per heavy atom. The van der Waals surface area contributed by atoms with Crippen LogP contribution in [0.15, 0.2) is 35.3 Å². The lowest BCUT2D eigenvalue weighted by molar-refractivity contribution is -0.145. The Kier molecular flexibility index (Phi) is 40.2. The third-order valence-electron chi connectivity index (χ3n) is 16.6. The normalized spacial score (nSPS) is 17.2.